The van der Waals surface area contributed by atoms with Crippen molar-refractivity contribution in [2.45, 2.75) is 32.4 Å². The molecule has 2 amide bonds. The number of piperazine rings is 1. The van der Waals surface area contributed by atoms with E-state index in [-0.39, 0.29) is 11.8 Å². The lowest BCUT2D eigenvalue weighted by Crippen LogP contribution is -2.59. The largest absolute Gasteiger partial charge is 0.353 e. The van der Waals surface area contributed by atoms with E-state index in [0.717, 1.165) is 0 Å². The van der Waals surface area contributed by atoms with Crippen LogP contribution in [0.3, 0.4) is 0 Å². The lowest BCUT2D eigenvalue weighted by atomic mass is 10.1. The number of nitrogens with two attached hydrogens (primary N) is 1. The summed E-state index contributed by atoms with van der Waals surface area (Å²) in [6.07, 6.45) is 0.601. The highest BCUT2D eigenvalue weighted by Gasteiger charge is 2.31. The number of carbonyl (C=O) groups excluding carboxylic acids is 2. The van der Waals surface area contributed by atoms with Gasteiger partial charge in [0.25, 0.3) is 0 Å². The molecule has 1 heterocycles. The van der Waals surface area contributed by atoms with Crippen LogP contribution in [-0.2, 0) is 9.59 Å². The monoisotopic (exact) mass is 199 g/mol. The van der Waals surface area contributed by atoms with Gasteiger partial charge in [-0.2, -0.15) is 0 Å². The molecule has 0 aromatic heterocycles. The maximum Gasteiger partial charge on any atom is 0.242 e. The maximum atomic E-state index is 11.7. The van der Waals surface area contributed by atoms with Gasteiger partial charge in [0.15, 0.2) is 0 Å². The Hall–Kier alpha value is -1.10. The van der Waals surface area contributed by atoms with E-state index in [1.165, 1.54) is 0 Å². The summed E-state index contributed by atoms with van der Waals surface area (Å²) in [4.78, 5) is 24.5. The van der Waals surface area contributed by atoms with E-state index in [4.69, 9.17) is 5.73 Å². The zero-order valence-corrected chi connectivity index (χ0v) is 8.62. The minimum Gasteiger partial charge on any atom is -0.353 e. The number of hydrogen-bond acceptors (Lipinski definition) is 3. The van der Waals surface area contributed by atoms with Gasteiger partial charge in [-0.15, -0.1) is 0 Å². The third kappa shape index (κ3) is 2.04. The Labute approximate surface area is 83.6 Å². The van der Waals surface area contributed by atoms with Gasteiger partial charge in [-0.05, 0) is 13.3 Å². The second kappa shape index (κ2) is 4.41. The third-order valence-corrected chi connectivity index (χ3v) is 2.54. The molecule has 2 atom stereocenters. The molecule has 80 valence electrons. The Balaban J connectivity index is 2.66. The van der Waals surface area contributed by atoms with Gasteiger partial charge in [0, 0.05) is 13.1 Å². The van der Waals surface area contributed by atoms with Crippen molar-refractivity contribution in [3.05, 3.63) is 0 Å². The first-order chi connectivity index (χ1) is 6.57. The normalized spacial score (nSPS) is 24.4. The highest BCUT2D eigenvalue weighted by Crippen LogP contribution is 2.06. The molecule has 1 fully saturated rings. The first-order valence-electron chi connectivity index (χ1n) is 4.91. The van der Waals surface area contributed by atoms with Crippen LogP contribution < -0.4 is 11.1 Å². The average Bonchev–Trinajstić information content (AvgIpc) is 2.20. The quantitative estimate of drug-likeness (QED) is 0.603. The Bertz CT molecular complexity index is 242. The molecule has 0 aromatic carbocycles. The van der Waals surface area contributed by atoms with E-state index < -0.39 is 12.1 Å². The van der Waals surface area contributed by atoms with E-state index in [9.17, 15) is 9.59 Å². The fraction of sp³-hybridized carbons (Fsp3) is 0.778. The molecule has 0 bridgehead atoms. The van der Waals surface area contributed by atoms with Gasteiger partial charge in [-0.3, -0.25) is 9.59 Å². The van der Waals surface area contributed by atoms with Crippen LogP contribution in [0.4, 0.5) is 0 Å². The van der Waals surface area contributed by atoms with Gasteiger partial charge >= 0.3 is 0 Å². The summed E-state index contributed by atoms with van der Waals surface area (Å²) in [5, 5.41) is 2.70. The van der Waals surface area contributed by atoms with Crippen LogP contribution in [0.5, 0.6) is 0 Å². The molecule has 0 spiro atoms. The van der Waals surface area contributed by atoms with Gasteiger partial charge in [0.1, 0.15) is 6.04 Å². The van der Waals surface area contributed by atoms with E-state index in [1.807, 2.05) is 6.92 Å². The summed E-state index contributed by atoms with van der Waals surface area (Å²) >= 11 is 0. The molecule has 2 unspecified atom stereocenters. The van der Waals surface area contributed by atoms with E-state index in [0.29, 0.717) is 19.5 Å². The number of carbonyl (C=O) groups is 2. The zero-order valence-electron chi connectivity index (χ0n) is 8.62. The molecule has 1 aliphatic heterocycles. The molecule has 5 nitrogen and oxygen atoms in total. The molecule has 3 N–H and O–H groups in total. The Morgan fingerprint density at radius 2 is 2.43 bits per heavy atom. The van der Waals surface area contributed by atoms with E-state index >= 15 is 0 Å². The van der Waals surface area contributed by atoms with Gasteiger partial charge in [-0.25, -0.2) is 0 Å². The van der Waals surface area contributed by atoms with Gasteiger partial charge in [0.05, 0.1) is 6.04 Å². The van der Waals surface area contributed by atoms with Crippen molar-refractivity contribution >= 4 is 11.8 Å². The lowest BCUT2D eigenvalue weighted by molar-refractivity contribution is -0.143. The van der Waals surface area contributed by atoms with Crippen molar-refractivity contribution in [2.24, 2.45) is 5.73 Å². The second-order valence-corrected chi connectivity index (χ2v) is 3.51. The second-order valence-electron chi connectivity index (χ2n) is 3.51. The summed E-state index contributed by atoms with van der Waals surface area (Å²) in [5.41, 5.74) is 5.63. The number of amides is 2. The first-order valence-corrected chi connectivity index (χ1v) is 4.91. The predicted molar refractivity (Wildman–Crippen MR) is 52.5 cm³/mol. The fourth-order valence-electron chi connectivity index (χ4n) is 1.47. The molecule has 1 aliphatic rings. The SMILES string of the molecule is CCC(N)C(=O)N1CCNC(=O)C1C. The molecule has 1 rings (SSSR count). The van der Waals surface area contributed by atoms with Crippen LogP contribution in [-0.4, -0.2) is 41.9 Å². The van der Waals surface area contributed by atoms with Crippen molar-refractivity contribution < 1.29 is 9.59 Å². The molecule has 0 radical (unpaired) electrons. The lowest BCUT2D eigenvalue weighted by Gasteiger charge is -2.34. The Kier molecular flexibility index (Phi) is 3.46. The zero-order chi connectivity index (χ0) is 10.7. The smallest absolute Gasteiger partial charge is 0.242 e. The average molecular weight is 199 g/mol. The number of nitrogens with zero attached hydrogens (tertiary/aromatic N) is 1. The fourth-order valence-corrected chi connectivity index (χ4v) is 1.47. The number of hydrogen-bond donors (Lipinski definition) is 2. The highest BCUT2D eigenvalue weighted by atomic mass is 16.2. The standard InChI is InChI=1S/C9H17N3O2/c1-3-7(10)9(14)12-5-4-11-8(13)6(12)2/h6-7H,3-5,10H2,1-2H3,(H,11,13). The first kappa shape index (κ1) is 11.0. The minimum atomic E-state index is -0.483. The summed E-state index contributed by atoms with van der Waals surface area (Å²) in [5.74, 6) is -0.234. The highest BCUT2D eigenvalue weighted by molar-refractivity contribution is 5.90. The minimum absolute atomic E-state index is 0.104. The molecule has 0 aliphatic carbocycles. The van der Waals surface area contributed by atoms with Crippen molar-refractivity contribution in [3.63, 3.8) is 0 Å². The van der Waals surface area contributed by atoms with Gasteiger partial charge in [0.2, 0.25) is 11.8 Å². The summed E-state index contributed by atoms with van der Waals surface area (Å²) in [6.45, 7) is 4.65. The molecule has 1 saturated heterocycles. The summed E-state index contributed by atoms with van der Waals surface area (Å²) < 4.78 is 0. The molecule has 0 aromatic rings. The predicted octanol–water partition coefficient (Wildman–Crippen LogP) is -0.929. The van der Waals surface area contributed by atoms with Crippen molar-refractivity contribution in [3.8, 4) is 0 Å². The summed E-state index contributed by atoms with van der Waals surface area (Å²) in [6, 6.07) is -0.878. The summed E-state index contributed by atoms with van der Waals surface area (Å²) in [7, 11) is 0. The van der Waals surface area contributed by atoms with Gasteiger partial charge < -0.3 is 16.0 Å². The number of nitrogens with one attached hydrogen (secondary N) is 1. The Morgan fingerprint density at radius 3 is 3.00 bits per heavy atom. The number of rotatable bonds is 2. The van der Waals surface area contributed by atoms with E-state index in [1.54, 1.807) is 11.8 Å². The molecular weight excluding hydrogens is 182 g/mol. The molecular formula is C9H17N3O2. The third-order valence-electron chi connectivity index (χ3n) is 2.54. The van der Waals surface area contributed by atoms with Crippen molar-refractivity contribution in [1.29, 1.82) is 0 Å². The maximum absolute atomic E-state index is 11.7. The van der Waals surface area contributed by atoms with Crippen LogP contribution in [0.2, 0.25) is 0 Å². The van der Waals surface area contributed by atoms with Crippen LogP contribution in [0, 0.1) is 0 Å². The molecule has 0 saturated carbocycles. The topological polar surface area (TPSA) is 75.4 Å². The van der Waals surface area contributed by atoms with Crippen molar-refractivity contribution in [1.82, 2.24) is 10.2 Å². The Morgan fingerprint density at radius 1 is 1.79 bits per heavy atom. The molecule has 14 heavy (non-hydrogen) atoms. The van der Waals surface area contributed by atoms with Gasteiger partial charge in [-0.1, -0.05) is 6.92 Å². The van der Waals surface area contributed by atoms with Crippen LogP contribution in [0.25, 0.3) is 0 Å². The van der Waals surface area contributed by atoms with Crippen LogP contribution >= 0.6 is 0 Å². The van der Waals surface area contributed by atoms with Crippen LogP contribution in [0.15, 0.2) is 0 Å². The van der Waals surface area contributed by atoms with Crippen LogP contribution in [0.1, 0.15) is 20.3 Å². The molecule has 5 heteroatoms. The van der Waals surface area contributed by atoms with Crippen molar-refractivity contribution in [2.75, 3.05) is 13.1 Å². The van der Waals surface area contributed by atoms with E-state index in [2.05, 4.69) is 5.32 Å².